The fourth-order valence-corrected chi connectivity index (χ4v) is 3.04. The molecule has 0 bridgehead atoms. The summed E-state index contributed by atoms with van der Waals surface area (Å²) in [5.41, 5.74) is 0.823. The predicted octanol–water partition coefficient (Wildman–Crippen LogP) is 1.64. The summed E-state index contributed by atoms with van der Waals surface area (Å²) in [5, 5.41) is 10.8. The molecule has 1 saturated carbocycles. The number of hydrogen-bond donors (Lipinski definition) is 3. The summed E-state index contributed by atoms with van der Waals surface area (Å²) >= 11 is 0. The average molecular weight is 311 g/mol. The van der Waals surface area contributed by atoms with Gasteiger partial charge in [0.25, 0.3) is 0 Å². The third-order valence-corrected chi connectivity index (χ3v) is 4.68. The molecule has 0 spiro atoms. The van der Waals surface area contributed by atoms with Crippen molar-refractivity contribution in [2.24, 2.45) is 5.14 Å². The monoisotopic (exact) mass is 311 g/mol. The molecule has 1 aromatic carbocycles. The van der Waals surface area contributed by atoms with E-state index in [4.69, 9.17) is 5.14 Å². The lowest BCUT2D eigenvalue weighted by atomic mass is 10.1. The van der Waals surface area contributed by atoms with Crippen LogP contribution in [-0.2, 0) is 10.0 Å². The first kappa shape index (κ1) is 15.8. The summed E-state index contributed by atoms with van der Waals surface area (Å²) in [7, 11) is -3.68. The number of rotatable bonds is 4. The Morgan fingerprint density at radius 2 is 1.81 bits per heavy atom. The Morgan fingerprint density at radius 1 is 1.24 bits per heavy atom. The normalized spacial score (nSPS) is 17.4. The van der Waals surface area contributed by atoms with Gasteiger partial charge in [-0.05, 0) is 37.5 Å². The lowest BCUT2D eigenvalue weighted by Gasteiger charge is -2.18. The van der Waals surface area contributed by atoms with Crippen LogP contribution in [0.15, 0.2) is 29.2 Å². The summed E-state index contributed by atoms with van der Waals surface area (Å²) in [6.07, 6.45) is 4.39. The summed E-state index contributed by atoms with van der Waals surface area (Å²) < 4.78 is 22.4. The zero-order valence-corrected chi connectivity index (χ0v) is 12.8. The molecule has 7 heteroatoms. The van der Waals surface area contributed by atoms with E-state index >= 15 is 0 Å². The molecule has 2 rings (SSSR count). The Bertz CT molecular complexity index is 592. The first-order valence-corrected chi connectivity index (χ1v) is 8.60. The second-order valence-corrected chi connectivity index (χ2v) is 7.00. The molecule has 0 heterocycles. The molecule has 116 valence electrons. The summed E-state index contributed by atoms with van der Waals surface area (Å²) in [6.45, 7) is 1.85. The Balaban J connectivity index is 1.93. The molecule has 4 N–H and O–H groups in total. The summed E-state index contributed by atoms with van der Waals surface area (Å²) in [5.74, 6) is 0. The molecule has 0 aliphatic heterocycles. The van der Waals surface area contributed by atoms with E-state index in [0.717, 1.165) is 31.2 Å². The van der Waals surface area contributed by atoms with Crippen LogP contribution in [0, 0.1) is 0 Å². The Kier molecular flexibility index (Phi) is 4.84. The number of sulfonamides is 1. The Hall–Kier alpha value is -1.60. The number of amides is 2. The minimum Gasteiger partial charge on any atom is -0.335 e. The zero-order chi connectivity index (χ0) is 15.5. The number of primary sulfonamides is 1. The van der Waals surface area contributed by atoms with Gasteiger partial charge in [-0.25, -0.2) is 18.4 Å². The number of benzene rings is 1. The standard InChI is InChI=1S/C14H21N3O3S/c1-10(16-14(18)17-12-4-2-3-5-12)11-6-8-13(9-7-11)21(15,19)20/h6-10,12H,2-5H2,1H3,(H2,15,19,20)(H2,16,17,18). The first-order chi connectivity index (χ1) is 9.86. The maximum Gasteiger partial charge on any atom is 0.315 e. The summed E-state index contributed by atoms with van der Waals surface area (Å²) in [6, 6.07) is 6.06. The SMILES string of the molecule is CC(NC(=O)NC1CCCC1)c1ccc(S(N)(=O)=O)cc1. The zero-order valence-electron chi connectivity index (χ0n) is 12.0. The predicted molar refractivity (Wildman–Crippen MR) is 80.2 cm³/mol. The van der Waals surface area contributed by atoms with Gasteiger partial charge in [0.1, 0.15) is 0 Å². The van der Waals surface area contributed by atoms with Gasteiger partial charge in [0.05, 0.1) is 10.9 Å². The van der Waals surface area contributed by atoms with Crippen LogP contribution in [0.5, 0.6) is 0 Å². The maximum atomic E-state index is 11.9. The van der Waals surface area contributed by atoms with Crippen LogP contribution in [0.2, 0.25) is 0 Å². The minimum atomic E-state index is -3.68. The van der Waals surface area contributed by atoms with Gasteiger partial charge in [0.15, 0.2) is 0 Å². The molecular formula is C14H21N3O3S. The van der Waals surface area contributed by atoms with Crippen LogP contribution >= 0.6 is 0 Å². The molecule has 0 aromatic heterocycles. The fraction of sp³-hybridized carbons (Fsp3) is 0.500. The molecule has 1 aromatic rings. The Morgan fingerprint density at radius 3 is 2.33 bits per heavy atom. The van der Waals surface area contributed by atoms with Gasteiger partial charge in [-0.15, -0.1) is 0 Å². The van der Waals surface area contributed by atoms with Crippen LogP contribution in [0.1, 0.15) is 44.2 Å². The lowest BCUT2D eigenvalue weighted by Crippen LogP contribution is -2.41. The van der Waals surface area contributed by atoms with Crippen LogP contribution in [0.4, 0.5) is 4.79 Å². The van der Waals surface area contributed by atoms with Crippen molar-refractivity contribution in [2.75, 3.05) is 0 Å². The van der Waals surface area contributed by atoms with Gasteiger partial charge >= 0.3 is 6.03 Å². The molecule has 0 saturated heterocycles. The van der Waals surface area contributed by atoms with E-state index in [1.165, 1.54) is 12.1 Å². The van der Waals surface area contributed by atoms with Crippen LogP contribution < -0.4 is 15.8 Å². The van der Waals surface area contributed by atoms with Gasteiger partial charge in [-0.3, -0.25) is 0 Å². The van der Waals surface area contributed by atoms with Crippen LogP contribution in [0.25, 0.3) is 0 Å². The highest BCUT2D eigenvalue weighted by molar-refractivity contribution is 7.89. The topological polar surface area (TPSA) is 101 Å². The van der Waals surface area contributed by atoms with Crippen molar-refractivity contribution in [1.29, 1.82) is 0 Å². The third kappa shape index (κ3) is 4.44. The molecular weight excluding hydrogens is 290 g/mol. The van der Waals surface area contributed by atoms with E-state index < -0.39 is 10.0 Å². The largest absolute Gasteiger partial charge is 0.335 e. The number of carbonyl (C=O) groups excluding carboxylic acids is 1. The molecule has 6 nitrogen and oxygen atoms in total. The molecule has 1 unspecified atom stereocenters. The second-order valence-electron chi connectivity index (χ2n) is 5.43. The average Bonchev–Trinajstić information content (AvgIpc) is 2.90. The number of hydrogen-bond acceptors (Lipinski definition) is 3. The molecule has 21 heavy (non-hydrogen) atoms. The van der Waals surface area contributed by atoms with Crippen molar-refractivity contribution in [1.82, 2.24) is 10.6 Å². The lowest BCUT2D eigenvalue weighted by molar-refractivity contribution is 0.234. The van der Waals surface area contributed by atoms with Crippen LogP contribution in [0.3, 0.4) is 0 Å². The number of carbonyl (C=O) groups is 1. The molecule has 2 amide bonds. The van der Waals surface area contributed by atoms with Crippen molar-refractivity contribution >= 4 is 16.1 Å². The van der Waals surface area contributed by atoms with Gasteiger partial charge in [0.2, 0.25) is 10.0 Å². The van der Waals surface area contributed by atoms with Gasteiger partial charge < -0.3 is 10.6 Å². The van der Waals surface area contributed by atoms with E-state index in [1.54, 1.807) is 12.1 Å². The van der Waals surface area contributed by atoms with Crippen molar-refractivity contribution < 1.29 is 13.2 Å². The second kappa shape index (κ2) is 6.44. The Labute approximate surface area is 125 Å². The molecule has 1 fully saturated rings. The number of nitrogens with two attached hydrogens (primary N) is 1. The highest BCUT2D eigenvalue weighted by atomic mass is 32.2. The number of urea groups is 1. The van der Waals surface area contributed by atoms with Crippen LogP contribution in [-0.4, -0.2) is 20.5 Å². The molecule has 1 aliphatic rings. The molecule has 0 radical (unpaired) electrons. The van der Waals surface area contributed by atoms with E-state index in [0.29, 0.717) is 0 Å². The highest BCUT2D eigenvalue weighted by Crippen LogP contribution is 2.18. The smallest absolute Gasteiger partial charge is 0.315 e. The van der Waals surface area contributed by atoms with E-state index in [9.17, 15) is 13.2 Å². The highest BCUT2D eigenvalue weighted by Gasteiger charge is 2.18. The van der Waals surface area contributed by atoms with Crippen molar-refractivity contribution in [3.05, 3.63) is 29.8 Å². The fourth-order valence-electron chi connectivity index (χ4n) is 2.52. The maximum absolute atomic E-state index is 11.9. The quantitative estimate of drug-likeness (QED) is 0.787. The molecule has 1 atom stereocenters. The first-order valence-electron chi connectivity index (χ1n) is 7.06. The molecule has 1 aliphatic carbocycles. The van der Waals surface area contributed by atoms with Gasteiger partial charge in [0, 0.05) is 6.04 Å². The van der Waals surface area contributed by atoms with Gasteiger partial charge in [-0.2, -0.15) is 0 Å². The van der Waals surface area contributed by atoms with Crippen molar-refractivity contribution in [3.8, 4) is 0 Å². The van der Waals surface area contributed by atoms with Crippen molar-refractivity contribution in [3.63, 3.8) is 0 Å². The third-order valence-electron chi connectivity index (χ3n) is 3.75. The van der Waals surface area contributed by atoms with E-state index in [-0.39, 0.29) is 23.0 Å². The van der Waals surface area contributed by atoms with E-state index in [2.05, 4.69) is 10.6 Å². The van der Waals surface area contributed by atoms with E-state index in [1.807, 2.05) is 6.92 Å². The summed E-state index contributed by atoms with van der Waals surface area (Å²) in [4.78, 5) is 11.9. The minimum absolute atomic E-state index is 0.0638. The van der Waals surface area contributed by atoms with Crippen molar-refractivity contribution in [2.45, 2.75) is 49.6 Å². The number of nitrogens with one attached hydrogen (secondary N) is 2. The van der Waals surface area contributed by atoms with Gasteiger partial charge in [-0.1, -0.05) is 25.0 Å².